The largest absolute Gasteiger partial charge is 0.482 e. The molecule has 1 heterocycles. The smallest absolute Gasteiger partial charge is 0.344 e. The number of esters is 1. The van der Waals surface area contributed by atoms with Crippen LogP contribution in [0.25, 0.3) is 0 Å². The fourth-order valence-corrected chi connectivity index (χ4v) is 3.97. The van der Waals surface area contributed by atoms with Gasteiger partial charge in [0.1, 0.15) is 5.75 Å². The topological polar surface area (TPSA) is 79.6 Å². The van der Waals surface area contributed by atoms with Gasteiger partial charge in [-0.1, -0.05) is 12.8 Å². The molecule has 0 N–H and O–H groups in total. The summed E-state index contributed by atoms with van der Waals surface area (Å²) in [5.74, 6) is 0.415. The van der Waals surface area contributed by atoms with Crippen molar-refractivity contribution in [3.8, 4) is 11.8 Å². The fourth-order valence-electron chi connectivity index (χ4n) is 3.97. The number of nitrogens with zero attached hydrogens (tertiary/aromatic N) is 2. The number of nitriles is 1. The lowest BCUT2D eigenvalue weighted by Gasteiger charge is -2.44. The summed E-state index contributed by atoms with van der Waals surface area (Å²) in [5.41, 5.74) is 0.521. The number of carbonyl (C=O) groups excluding carboxylic acids is 2. The minimum atomic E-state index is -0.570. The quantitative estimate of drug-likeness (QED) is 0.758. The van der Waals surface area contributed by atoms with E-state index < -0.39 is 5.97 Å². The lowest BCUT2D eigenvalue weighted by atomic mass is 9.78. The van der Waals surface area contributed by atoms with E-state index in [0.717, 1.165) is 19.4 Å². The fraction of sp³-hybridized carbons (Fsp3) is 0.550. The molecule has 1 amide bonds. The van der Waals surface area contributed by atoms with Crippen LogP contribution in [0.2, 0.25) is 0 Å². The lowest BCUT2D eigenvalue weighted by Crippen LogP contribution is -2.51. The van der Waals surface area contributed by atoms with Crippen LogP contribution in [0.4, 0.5) is 0 Å². The second kappa shape index (κ2) is 8.70. The van der Waals surface area contributed by atoms with E-state index >= 15 is 0 Å². The maximum atomic E-state index is 12.5. The van der Waals surface area contributed by atoms with Crippen LogP contribution in [-0.4, -0.2) is 42.6 Å². The zero-order chi connectivity index (χ0) is 18.4. The zero-order valence-electron chi connectivity index (χ0n) is 14.9. The number of rotatable bonds is 5. The SMILES string of the molecule is N#Cc1ccc(OCC(=O)OCC(=O)N2CCC[C@@H]3CCCC[C@@H]32)cc1. The Bertz CT molecular complexity index is 678. The number of piperidine rings is 1. The average molecular weight is 356 g/mol. The average Bonchev–Trinajstić information content (AvgIpc) is 2.70. The molecule has 0 aromatic heterocycles. The van der Waals surface area contributed by atoms with Gasteiger partial charge < -0.3 is 14.4 Å². The number of ether oxygens (including phenoxy) is 2. The number of carbonyl (C=O) groups is 2. The Morgan fingerprint density at radius 1 is 1.08 bits per heavy atom. The van der Waals surface area contributed by atoms with Crippen molar-refractivity contribution in [1.29, 1.82) is 5.26 Å². The van der Waals surface area contributed by atoms with Gasteiger partial charge in [0.25, 0.3) is 5.91 Å². The molecule has 1 saturated heterocycles. The molecule has 2 fully saturated rings. The van der Waals surface area contributed by atoms with Crippen LogP contribution in [-0.2, 0) is 14.3 Å². The van der Waals surface area contributed by atoms with E-state index in [2.05, 4.69) is 0 Å². The molecule has 1 saturated carbocycles. The molecule has 138 valence electrons. The molecule has 6 nitrogen and oxygen atoms in total. The molecule has 3 rings (SSSR count). The second-order valence-electron chi connectivity index (χ2n) is 6.93. The molecule has 0 unspecified atom stereocenters. The molecule has 0 spiro atoms. The second-order valence-corrected chi connectivity index (χ2v) is 6.93. The summed E-state index contributed by atoms with van der Waals surface area (Å²) in [6, 6.07) is 8.79. The first-order valence-corrected chi connectivity index (χ1v) is 9.25. The molecule has 1 aliphatic carbocycles. The van der Waals surface area contributed by atoms with Crippen molar-refractivity contribution < 1.29 is 19.1 Å². The number of likely N-dealkylation sites (tertiary alicyclic amines) is 1. The summed E-state index contributed by atoms with van der Waals surface area (Å²) >= 11 is 0. The number of benzene rings is 1. The molecule has 1 aliphatic heterocycles. The lowest BCUT2D eigenvalue weighted by molar-refractivity contribution is -0.156. The highest BCUT2D eigenvalue weighted by Gasteiger charge is 2.35. The van der Waals surface area contributed by atoms with Gasteiger partial charge in [-0.25, -0.2) is 4.79 Å². The van der Waals surface area contributed by atoms with Gasteiger partial charge in [0.15, 0.2) is 13.2 Å². The predicted octanol–water partition coefficient (Wildman–Crippen LogP) is 2.66. The van der Waals surface area contributed by atoms with Crippen molar-refractivity contribution in [2.75, 3.05) is 19.8 Å². The first-order valence-electron chi connectivity index (χ1n) is 9.25. The van der Waals surface area contributed by atoms with E-state index in [4.69, 9.17) is 14.7 Å². The first kappa shape index (κ1) is 18.2. The molecule has 1 aromatic rings. The molecule has 0 bridgehead atoms. The maximum Gasteiger partial charge on any atom is 0.344 e. The summed E-state index contributed by atoms with van der Waals surface area (Å²) in [5, 5.41) is 8.75. The van der Waals surface area contributed by atoms with Crippen LogP contribution in [0.1, 0.15) is 44.1 Å². The molecular formula is C20H24N2O4. The normalized spacial score (nSPS) is 22.0. The summed E-state index contributed by atoms with van der Waals surface area (Å²) in [6.07, 6.45) is 6.92. The van der Waals surface area contributed by atoms with Crippen LogP contribution >= 0.6 is 0 Å². The van der Waals surface area contributed by atoms with Gasteiger partial charge in [0.2, 0.25) is 0 Å². The molecule has 2 atom stereocenters. The van der Waals surface area contributed by atoms with Gasteiger partial charge in [-0.15, -0.1) is 0 Å². The Kier molecular flexibility index (Phi) is 6.11. The van der Waals surface area contributed by atoms with Gasteiger partial charge in [0.05, 0.1) is 11.6 Å². The van der Waals surface area contributed by atoms with Crippen molar-refractivity contribution in [2.24, 2.45) is 5.92 Å². The van der Waals surface area contributed by atoms with Crippen molar-refractivity contribution in [2.45, 2.75) is 44.6 Å². The Morgan fingerprint density at radius 2 is 1.81 bits per heavy atom. The highest BCUT2D eigenvalue weighted by molar-refractivity contribution is 5.81. The zero-order valence-corrected chi connectivity index (χ0v) is 14.9. The van der Waals surface area contributed by atoms with E-state index in [-0.39, 0.29) is 19.1 Å². The minimum absolute atomic E-state index is 0.103. The van der Waals surface area contributed by atoms with Crippen molar-refractivity contribution in [3.63, 3.8) is 0 Å². The van der Waals surface area contributed by atoms with Gasteiger partial charge >= 0.3 is 5.97 Å². The van der Waals surface area contributed by atoms with Crippen LogP contribution in [0.3, 0.4) is 0 Å². The van der Waals surface area contributed by atoms with Crippen LogP contribution in [0.5, 0.6) is 5.75 Å². The summed E-state index contributed by atoms with van der Waals surface area (Å²) in [6.45, 7) is 0.281. The Balaban J connectivity index is 1.43. The van der Waals surface area contributed by atoms with Crippen molar-refractivity contribution in [1.82, 2.24) is 4.90 Å². The summed E-state index contributed by atoms with van der Waals surface area (Å²) in [7, 11) is 0. The Labute approximate surface area is 153 Å². The molecular weight excluding hydrogens is 332 g/mol. The molecule has 2 aliphatic rings. The number of fused-ring (bicyclic) bond motifs is 1. The third-order valence-corrected chi connectivity index (χ3v) is 5.26. The maximum absolute atomic E-state index is 12.5. The molecule has 1 aromatic carbocycles. The minimum Gasteiger partial charge on any atom is -0.482 e. The van der Waals surface area contributed by atoms with Gasteiger partial charge in [-0.2, -0.15) is 5.26 Å². The monoisotopic (exact) mass is 356 g/mol. The van der Waals surface area contributed by atoms with Gasteiger partial charge in [-0.3, -0.25) is 4.79 Å². The van der Waals surface area contributed by atoms with Gasteiger partial charge in [-0.05, 0) is 55.9 Å². The number of amides is 1. The van der Waals surface area contributed by atoms with Crippen LogP contribution in [0.15, 0.2) is 24.3 Å². The first-order chi connectivity index (χ1) is 12.7. The Hall–Kier alpha value is -2.55. The summed E-state index contributed by atoms with van der Waals surface area (Å²) < 4.78 is 10.4. The number of hydrogen-bond donors (Lipinski definition) is 0. The predicted molar refractivity (Wildman–Crippen MR) is 94.3 cm³/mol. The summed E-state index contributed by atoms with van der Waals surface area (Å²) in [4.78, 5) is 26.2. The van der Waals surface area contributed by atoms with E-state index in [1.54, 1.807) is 24.3 Å². The van der Waals surface area contributed by atoms with Crippen LogP contribution in [0, 0.1) is 17.2 Å². The molecule has 26 heavy (non-hydrogen) atoms. The van der Waals surface area contributed by atoms with Crippen molar-refractivity contribution >= 4 is 11.9 Å². The molecule has 0 radical (unpaired) electrons. The van der Waals surface area contributed by atoms with E-state index in [1.807, 2.05) is 11.0 Å². The van der Waals surface area contributed by atoms with Crippen LogP contribution < -0.4 is 4.74 Å². The van der Waals surface area contributed by atoms with E-state index in [9.17, 15) is 9.59 Å². The highest BCUT2D eigenvalue weighted by Crippen LogP contribution is 2.35. The van der Waals surface area contributed by atoms with Crippen molar-refractivity contribution in [3.05, 3.63) is 29.8 Å². The third kappa shape index (κ3) is 4.54. The standard InChI is InChI=1S/C20H24N2O4/c21-12-15-7-9-17(10-8-15)25-14-20(24)26-13-19(23)22-11-3-5-16-4-1-2-6-18(16)22/h7-10,16,18H,1-6,11,13-14H2/t16-,18-/m0/s1. The highest BCUT2D eigenvalue weighted by atomic mass is 16.6. The van der Waals surface area contributed by atoms with E-state index in [1.165, 1.54) is 25.7 Å². The number of hydrogen-bond acceptors (Lipinski definition) is 5. The molecule has 6 heteroatoms. The third-order valence-electron chi connectivity index (χ3n) is 5.26. The van der Waals surface area contributed by atoms with Gasteiger partial charge in [0, 0.05) is 12.6 Å². The van der Waals surface area contributed by atoms with E-state index in [0.29, 0.717) is 23.3 Å². The Morgan fingerprint density at radius 3 is 2.58 bits per heavy atom.